The van der Waals surface area contributed by atoms with Crippen molar-refractivity contribution in [1.29, 1.82) is 0 Å². The van der Waals surface area contributed by atoms with Crippen molar-refractivity contribution in [2.75, 3.05) is 5.32 Å². The smallest absolute Gasteiger partial charge is 0.255 e. The van der Waals surface area contributed by atoms with Gasteiger partial charge < -0.3 is 10.4 Å². The van der Waals surface area contributed by atoms with Crippen molar-refractivity contribution in [3.8, 4) is 5.75 Å². The molecule has 2 N–H and O–H groups in total. The van der Waals surface area contributed by atoms with Crippen molar-refractivity contribution in [3.05, 3.63) is 57.6 Å². The predicted molar refractivity (Wildman–Crippen MR) is 77.3 cm³/mol. The van der Waals surface area contributed by atoms with Crippen LogP contribution in [-0.2, 0) is 0 Å². The Morgan fingerprint density at radius 3 is 2.32 bits per heavy atom. The van der Waals surface area contributed by atoms with Crippen LogP contribution in [0.15, 0.2) is 36.4 Å². The minimum Gasteiger partial charge on any atom is -0.508 e. The normalized spacial score (nSPS) is 10.3. The van der Waals surface area contributed by atoms with Gasteiger partial charge in [0.15, 0.2) is 0 Å². The van der Waals surface area contributed by atoms with Gasteiger partial charge in [0.05, 0.1) is 0 Å². The molecule has 0 aliphatic rings. The Bertz CT molecular complexity index is 621. The Kier molecular flexibility index (Phi) is 3.98. The molecule has 0 bridgehead atoms. The van der Waals surface area contributed by atoms with Crippen LogP contribution in [0.3, 0.4) is 0 Å². The van der Waals surface area contributed by atoms with Gasteiger partial charge >= 0.3 is 0 Å². The number of phenols is 1. The molecule has 0 spiro atoms. The fourth-order valence-corrected chi connectivity index (χ4v) is 2.11. The molecular formula is C14H11Cl2NO2. The van der Waals surface area contributed by atoms with Gasteiger partial charge in [-0.15, -0.1) is 0 Å². The summed E-state index contributed by atoms with van der Waals surface area (Å²) < 4.78 is 0. The fraction of sp³-hybridized carbons (Fsp3) is 0.0714. The molecule has 2 aromatic rings. The molecule has 5 heteroatoms. The lowest BCUT2D eigenvalue weighted by atomic mass is 10.1. The summed E-state index contributed by atoms with van der Waals surface area (Å²) in [6.45, 7) is 1.76. The van der Waals surface area contributed by atoms with Gasteiger partial charge in [0.25, 0.3) is 5.91 Å². The van der Waals surface area contributed by atoms with Gasteiger partial charge in [-0.2, -0.15) is 0 Å². The average Bonchev–Trinajstić information content (AvgIpc) is 2.31. The van der Waals surface area contributed by atoms with E-state index in [1.807, 2.05) is 0 Å². The minimum absolute atomic E-state index is 0.0803. The van der Waals surface area contributed by atoms with E-state index in [-0.39, 0.29) is 11.7 Å². The molecule has 0 radical (unpaired) electrons. The molecule has 0 fully saturated rings. The third-order valence-corrected chi connectivity index (χ3v) is 3.03. The van der Waals surface area contributed by atoms with E-state index < -0.39 is 0 Å². The number of amides is 1. The molecule has 0 aromatic heterocycles. The van der Waals surface area contributed by atoms with Crippen LogP contribution < -0.4 is 5.32 Å². The number of phenolic OH excluding ortho intramolecular Hbond substituents is 1. The number of anilines is 1. The largest absolute Gasteiger partial charge is 0.508 e. The number of carbonyl (C=O) groups is 1. The number of nitrogens with one attached hydrogen (secondary N) is 1. The highest BCUT2D eigenvalue weighted by atomic mass is 35.5. The standard InChI is InChI=1S/C14H11Cl2NO2/c1-8-2-3-9(4-13(8)18)14(19)17-12-6-10(15)5-11(16)7-12/h2-7,18H,1H3,(H,17,19). The maximum absolute atomic E-state index is 12.0. The van der Waals surface area contributed by atoms with E-state index in [4.69, 9.17) is 23.2 Å². The van der Waals surface area contributed by atoms with Crippen LogP contribution in [0, 0.1) is 6.92 Å². The first-order valence-corrected chi connectivity index (χ1v) is 6.28. The van der Waals surface area contributed by atoms with Crippen LogP contribution in [0.4, 0.5) is 5.69 Å². The Morgan fingerprint density at radius 2 is 1.74 bits per heavy atom. The molecule has 0 saturated heterocycles. The molecule has 0 aliphatic heterocycles. The van der Waals surface area contributed by atoms with Crippen molar-refractivity contribution in [1.82, 2.24) is 0 Å². The summed E-state index contributed by atoms with van der Waals surface area (Å²) in [4.78, 5) is 12.0. The minimum atomic E-state index is -0.339. The lowest BCUT2D eigenvalue weighted by Crippen LogP contribution is -2.11. The molecule has 0 aliphatic carbocycles. The number of halogens is 2. The second kappa shape index (κ2) is 5.51. The van der Waals surface area contributed by atoms with Crippen LogP contribution in [-0.4, -0.2) is 11.0 Å². The van der Waals surface area contributed by atoms with Crippen LogP contribution >= 0.6 is 23.2 Å². The number of carbonyl (C=O) groups excluding carboxylic acids is 1. The molecule has 2 rings (SSSR count). The van der Waals surface area contributed by atoms with Gasteiger partial charge in [-0.05, 0) is 42.8 Å². The molecule has 0 unspecified atom stereocenters. The van der Waals surface area contributed by atoms with E-state index in [1.54, 1.807) is 37.3 Å². The molecule has 3 nitrogen and oxygen atoms in total. The summed E-state index contributed by atoms with van der Waals surface area (Å²) in [7, 11) is 0. The van der Waals surface area contributed by atoms with Gasteiger partial charge in [0.1, 0.15) is 5.75 Å². The maximum Gasteiger partial charge on any atom is 0.255 e. The summed E-state index contributed by atoms with van der Waals surface area (Å²) in [5, 5.41) is 13.1. The van der Waals surface area contributed by atoms with Crippen molar-refractivity contribution in [2.24, 2.45) is 0 Å². The van der Waals surface area contributed by atoms with Crippen molar-refractivity contribution in [3.63, 3.8) is 0 Å². The zero-order valence-electron chi connectivity index (χ0n) is 10.1. The zero-order chi connectivity index (χ0) is 14.0. The molecule has 2 aromatic carbocycles. The second-order valence-corrected chi connectivity index (χ2v) is 4.99. The summed E-state index contributed by atoms with van der Waals surface area (Å²) in [5.74, 6) is -0.259. The fourth-order valence-electron chi connectivity index (χ4n) is 1.58. The van der Waals surface area contributed by atoms with Crippen molar-refractivity contribution in [2.45, 2.75) is 6.92 Å². The average molecular weight is 296 g/mol. The molecule has 0 heterocycles. The first-order valence-electron chi connectivity index (χ1n) is 5.53. The Balaban J connectivity index is 2.22. The molecule has 0 saturated carbocycles. The van der Waals surface area contributed by atoms with Gasteiger partial charge in [-0.3, -0.25) is 4.79 Å². The zero-order valence-corrected chi connectivity index (χ0v) is 11.6. The first-order chi connectivity index (χ1) is 8.95. The van der Waals surface area contributed by atoms with E-state index in [1.165, 1.54) is 6.07 Å². The number of aryl methyl sites for hydroxylation is 1. The second-order valence-electron chi connectivity index (χ2n) is 4.11. The van der Waals surface area contributed by atoms with Crippen molar-refractivity contribution >= 4 is 34.8 Å². The number of aromatic hydroxyl groups is 1. The summed E-state index contributed by atoms with van der Waals surface area (Å²) in [6, 6.07) is 9.50. The van der Waals surface area contributed by atoms with Crippen LogP contribution in [0.2, 0.25) is 10.0 Å². The topological polar surface area (TPSA) is 49.3 Å². The van der Waals surface area contributed by atoms with E-state index in [0.29, 0.717) is 26.9 Å². The highest BCUT2D eigenvalue weighted by Gasteiger charge is 2.09. The summed E-state index contributed by atoms with van der Waals surface area (Å²) in [6.07, 6.45) is 0. The van der Waals surface area contributed by atoms with Crippen LogP contribution in [0.5, 0.6) is 5.75 Å². The van der Waals surface area contributed by atoms with E-state index in [9.17, 15) is 9.90 Å². The highest BCUT2D eigenvalue weighted by Crippen LogP contribution is 2.23. The van der Waals surface area contributed by atoms with E-state index >= 15 is 0 Å². The van der Waals surface area contributed by atoms with E-state index in [2.05, 4.69) is 5.32 Å². The summed E-state index contributed by atoms with van der Waals surface area (Å²) in [5.41, 5.74) is 1.57. The van der Waals surface area contributed by atoms with Gasteiger partial charge in [0, 0.05) is 21.3 Å². The Labute approximate surface area is 120 Å². The van der Waals surface area contributed by atoms with Crippen LogP contribution in [0.25, 0.3) is 0 Å². The number of hydrogen-bond acceptors (Lipinski definition) is 2. The number of hydrogen-bond donors (Lipinski definition) is 2. The maximum atomic E-state index is 12.0. The molecule has 98 valence electrons. The first kappa shape index (κ1) is 13.7. The number of rotatable bonds is 2. The third kappa shape index (κ3) is 3.40. The monoisotopic (exact) mass is 295 g/mol. The molecule has 19 heavy (non-hydrogen) atoms. The Morgan fingerprint density at radius 1 is 1.11 bits per heavy atom. The SMILES string of the molecule is Cc1ccc(C(=O)Nc2cc(Cl)cc(Cl)c2)cc1O. The van der Waals surface area contributed by atoms with E-state index in [0.717, 1.165) is 0 Å². The Hall–Kier alpha value is -1.71. The van der Waals surface area contributed by atoms with Crippen molar-refractivity contribution < 1.29 is 9.90 Å². The third-order valence-electron chi connectivity index (χ3n) is 2.59. The molecule has 1 amide bonds. The number of benzene rings is 2. The lowest BCUT2D eigenvalue weighted by molar-refractivity contribution is 0.102. The van der Waals surface area contributed by atoms with Crippen LogP contribution in [0.1, 0.15) is 15.9 Å². The van der Waals surface area contributed by atoms with Gasteiger partial charge in [-0.1, -0.05) is 29.3 Å². The lowest BCUT2D eigenvalue weighted by Gasteiger charge is -2.07. The molecule has 0 atom stereocenters. The van der Waals surface area contributed by atoms with Gasteiger partial charge in [-0.25, -0.2) is 0 Å². The molecular weight excluding hydrogens is 285 g/mol. The highest BCUT2D eigenvalue weighted by molar-refractivity contribution is 6.35. The quantitative estimate of drug-likeness (QED) is 0.870. The predicted octanol–water partition coefficient (Wildman–Crippen LogP) is 4.26. The summed E-state index contributed by atoms with van der Waals surface area (Å²) >= 11 is 11.7. The van der Waals surface area contributed by atoms with Gasteiger partial charge in [0.2, 0.25) is 0 Å².